The van der Waals surface area contributed by atoms with Gasteiger partial charge in [-0.05, 0) is 30.3 Å². The molecule has 3 aromatic rings. The van der Waals surface area contributed by atoms with Gasteiger partial charge in [0.1, 0.15) is 10.6 Å². The molecule has 178 valence electrons. The number of carbonyl (C=O) groups excluding carboxylic acids is 2. The summed E-state index contributed by atoms with van der Waals surface area (Å²) in [7, 11) is -2.40. The summed E-state index contributed by atoms with van der Waals surface area (Å²) in [4.78, 5) is 28.9. The number of aromatic nitrogens is 3. The number of nitrogens with one attached hydrogen (secondary N) is 2. The van der Waals surface area contributed by atoms with Gasteiger partial charge in [-0.15, -0.1) is 0 Å². The number of hydrogen-bond acceptors (Lipinski definition) is 7. The molecule has 0 saturated heterocycles. The van der Waals surface area contributed by atoms with Gasteiger partial charge in [0.15, 0.2) is 5.82 Å². The van der Waals surface area contributed by atoms with Crippen LogP contribution in [0.3, 0.4) is 0 Å². The summed E-state index contributed by atoms with van der Waals surface area (Å²) >= 11 is 0. The molecular formula is C22H24N6O5S. The van der Waals surface area contributed by atoms with Crippen LogP contribution in [-0.4, -0.2) is 53.4 Å². The fourth-order valence-corrected chi connectivity index (χ4v) is 5.51. The van der Waals surface area contributed by atoms with Crippen LogP contribution >= 0.6 is 0 Å². The lowest BCUT2D eigenvalue weighted by atomic mass is 9.84. The quantitative estimate of drug-likeness (QED) is 0.479. The van der Waals surface area contributed by atoms with E-state index in [0.717, 1.165) is 0 Å². The fourth-order valence-electron chi connectivity index (χ4n) is 3.98. The standard InChI is InChI=1S/C22H24N6O5S/c1-22(2)12-28(34(31,32)14-5-4-8-24-10-14)11-17-18(22)26-27-20(17)25-21(30)15-7-6-13(33-3)9-16(15)19(23)29/h4-10H,11-12H2,1-3H3,(H2,23,29)(H2,25,26,27,30). The third-order valence-corrected chi connectivity index (χ3v) is 7.47. The van der Waals surface area contributed by atoms with Crippen molar-refractivity contribution < 1.29 is 22.7 Å². The number of rotatable bonds is 6. The highest BCUT2D eigenvalue weighted by Gasteiger charge is 2.41. The zero-order valence-electron chi connectivity index (χ0n) is 18.8. The van der Waals surface area contributed by atoms with Gasteiger partial charge in [-0.1, -0.05) is 13.8 Å². The summed E-state index contributed by atoms with van der Waals surface area (Å²) in [5, 5.41) is 9.84. The lowest BCUT2D eigenvalue weighted by Gasteiger charge is -2.36. The zero-order valence-corrected chi connectivity index (χ0v) is 19.6. The Morgan fingerprint density at radius 3 is 2.65 bits per heavy atom. The van der Waals surface area contributed by atoms with Gasteiger partial charge in [-0.25, -0.2) is 8.42 Å². The summed E-state index contributed by atoms with van der Waals surface area (Å²) in [5.74, 6) is -0.857. The Kier molecular flexibility index (Phi) is 5.87. The average molecular weight is 485 g/mol. The van der Waals surface area contributed by atoms with Crippen LogP contribution in [0.1, 0.15) is 45.8 Å². The second-order valence-electron chi connectivity index (χ2n) is 8.50. The molecule has 1 aliphatic heterocycles. The number of aromatic amines is 1. The first-order chi connectivity index (χ1) is 16.0. The Hall–Kier alpha value is -3.77. The summed E-state index contributed by atoms with van der Waals surface area (Å²) in [6.07, 6.45) is 2.80. The first-order valence-electron chi connectivity index (χ1n) is 10.3. The van der Waals surface area contributed by atoms with Crippen LogP contribution in [0.25, 0.3) is 0 Å². The number of ether oxygens (including phenoxy) is 1. The molecule has 4 N–H and O–H groups in total. The SMILES string of the molecule is COc1ccc(C(=O)Nc2n[nH]c3c2CN(S(=O)(=O)c2cccnc2)CC3(C)C)c(C(N)=O)c1. The Morgan fingerprint density at radius 2 is 2.00 bits per heavy atom. The molecule has 0 spiro atoms. The Bertz CT molecular complexity index is 1370. The lowest BCUT2D eigenvalue weighted by molar-refractivity contribution is 0.0976. The Balaban J connectivity index is 1.68. The van der Waals surface area contributed by atoms with Crippen LogP contribution in [0.5, 0.6) is 5.75 Å². The van der Waals surface area contributed by atoms with Gasteiger partial charge < -0.3 is 15.8 Å². The van der Waals surface area contributed by atoms with E-state index < -0.39 is 27.3 Å². The first kappa shape index (κ1) is 23.4. The molecule has 1 aliphatic rings. The molecule has 0 aliphatic carbocycles. The number of benzene rings is 1. The van der Waals surface area contributed by atoms with E-state index >= 15 is 0 Å². The van der Waals surface area contributed by atoms with Gasteiger partial charge in [-0.3, -0.25) is 19.7 Å². The molecule has 2 amide bonds. The topological polar surface area (TPSA) is 160 Å². The number of pyridine rings is 1. The van der Waals surface area contributed by atoms with Crippen molar-refractivity contribution in [2.24, 2.45) is 5.73 Å². The van der Waals surface area contributed by atoms with Crippen molar-refractivity contribution in [3.05, 3.63) is 65.1 Å². The van der Waals surface area contributed by atoms with Crippen LogP contribution in [-0.2, 0) is 22.0 Å². The number of fused-ring (bicyclic) bond motifs is 1. The maximum atomic E-state index is 13.2. The molecular weight excluding hydrogens is 460 g/mol. The minimum atomic E-state index is -3.84. The minimum absolute atomic E-state index is 0.00655. The van der Waals surface area contributed by atoms with Crippen molar-refractivity contribution in [2.75, 3.05) is 19.0 Å². The summed E-state index contributed by atoms with van der Waals surface area (Å²) < 4.78 is 32.9. The number of nitrogens with two attached hydrogens (primary N) is 1. The van der Waals surface area contributed by atoms with Crippen molar-refractivity contribution in [3.63, 3.8) is 0 Å². The number of nitrogens with zero attached hydrogens (tertiary/aromatic N) is 3. The van der Waals surface area contributed by atoms with E-state index in [4.69, 9.17) is 10.5 Å². The third-order valence-electron chi connectivity index (χ3n) is 5.69. The second-order valence-corrected chi connectivity index (χ2v) is 10.4. The van der Waals surface area contributed by atoms with E-state index in [-0.39, 0.29) is 34.9 Å². The molecule has 3 heterocycles. The second kappa shape index (κ2) is 8.54. The van der Waals surface area contributed by atoms with Crippen LogP contribution < -0.4 is 15.8 Å². The van der Waals surface area contributed by atoms with Gasteiger partial charge in [-0.2, -0.15) is 9.40 Å². The molecule has 0 bridgehead atoms. The van der Waals surface area contributed by atoms with E-state index in [1.807, 2.05) is 13.8 Å². The summed E-state index contributed by atoms with van der Waals surface area (Å²) in [5.41, 5.74) is 6.11. The molecule has 1 aromatic carbocycles. The molecule has 0 fully saturated rings. The molecule has 0 saturated carbocycles. The van der Waals surface area contributed by atoms with Crippen molar-refractivity contribution in [2.45, 2.75) is 30.7 Å². The van der Waals surface area contributed by atoms with Crippen LogP contribution in [0.2, 0.25) is 0 Å². The molecule has 34 heavy (non-hydrogen) atoms. The monoisotopic (exact) mass is 484 g/mol. The third kappa shape index (κ3) is 4.13. The van der Waals surface area contributed by atoms with Crippen molar-refractivity contribution in [1.29, 1.82) is 0 Å². The predicted octanol–water partition coefficient (Wildman–Crippen LogP) is 1.65. The number of sulfonamides is 1. The van der Waals surface area contributed by atoms with Gasteiger partial charge in [0, 0.05) is 42.2 Å². The smallest absolute Gasteiger partial charge is 0.257 e. The van der Waals surface area contributed by atoms with Gasteiger partial charge in [0.25, 0.3) is 5.91 Å². The maximum absolute atomic E-state index is 13.2. The summed E-state index contributed by atoms with van der Waals surface area (Å²) in [6.45, 7) is 3.97. The largest absolute Gasteiger partial charge is 0.497 e. The van der Waals surface area contributed by atoms with Gasteiger partial charge in [0.05, 0.1) is 18.2 Å². The van der Waals surface area contributed by atoms with E-state index in [2.05, 4.69) is 20.5 Å². The first-order valence-corrected chi connectivity index (χ1v) is 11.8. The normalized spacial score (nSPS) is 15.4. The molecule has 2 aromatic heterocycles. The highest BCUT2D eigenvalue weighted by Crippen LogP contribution is 2.37. The van der Waals surface area contributed by atoms with Crippen molar-refractivity contribution in [3.8, 4) is 5.75 Å². The van der Waals surface area contributed by atoms with E-state index in [1.54, 1.807) is 6.07 Å². The van der Waals surface area contributed by atoms with Gasteiger partial charge in [0.2, 0.25) is 15.9 Å². The number of H-pyrrole nitrogens is 1. The molecule has 11 nitrogen and oxygen atoms in total. The predicted molar refractivity (Wildman–Crippen MR) is 123 cm³/mol. The number of amides is 2. The Labute approximate surface area is 196 Å². The molecule has 0 unspecified atom stereocenters. The number of carbonyl (C=O) groups is 2. The van der Waals surface area contributed by atoms with Crippen LogP contribution in [0.15, 0.2) is 47.6 Å². The lowest BCUT2D eigenvalue weighted by Crippen LogP contribution is -2.45. The van der Waals surface area contributed by atoms with Crippen molar-refractivity contribution >= 4 is 27.7 Å². The van der Waals surface area contributed by atoms with E-state index in [0.29, 0.717) is 17.0 Å². The fraction of sp³-hybridized carbons (Fsp3) is 0.273. The number of hydrogen-bond donors (Lipinski definition) is 3. The van der Waals surface area contributed by atoms with Crippen LogP contribution in [0.4, 0.5) is 5.82 Å². The highest BCUT2D eigenvalue weighted by atomic mass is 32.2. The molecule has 4 rings (SSSR count). The van der Waals surface area contributed by atoms with E-state index in [1.165, 1.54) is 48.1 Å². The highest BCUT2D eigenvalue weighted by molar-refractivity contribution is 7.89. The van der Waals surface area contributed by atoms with Crippen molar-refractivity contribution in [1.82, 2.24) is 19.5 Å². The molecule has 0 radical (unpaired) electrons. The molecule has 0 atom stereocenters. The van der Waals surface area contributed by atoms with E-state index in [9.17, 15) is 18.0 Å². The summed E-state index contributed by atoms with van der Waals surface area (Å²) in [6, 6.07) is 7.38. The zero-order chi connectivity index (χ0) is 24.7. The van der Waals surface area contributed by atoms with Gasteiger partial charge >= 0.3 is 0 Å². The number of anilines is 1. The maximum Gasteiger partial charge on any atom is 0.257 e. The number of primary amides is 1. The van der Waals surface area contributed by atoms with Crippen LogP contribution in [0, 0.1) is 0 Å². The molecule has 12 heteroatoms. The Morgan fingerprint density at radius 1 is 1.24 bits per heavy atom. The average Bonchev–Trinajstić information content (AvgIpc) is 3.22. The number of methoxy groups -OCH3 is 1. The minimum Gasteiger partial charge on any atom is -0.497 e.